The van der Waals surface area contributed by atoms with E-state index < -0.39 is 11.6 Å². The van der Waals surface area contributed by atoms with Gasteiger partial charge in [-0.1, -0.05) is 0 Å². The van der Waals surface area contributed by atoms with E-state index >= 15 is 0 Å². The first-order valence-electron chi connectivity index (χ1n) is 6.97. The Morgan fingerprint density at radius 3 is 2.36 bits per heavy atom. The number of ether oxygens (including phenoxy) is 1. The second kappa shape index (κ2) is 7.41. The maximum atomic E-state index is 11.6. The van der Waals surface area contributed by atoms with Gasteiger partial charge in [0.2, 0.25) is 0 Å². The third kappa shape index (κ3) is 5.24. The molecule has 0 aliphatic rings. The van der Waals surface area contributed by atoms with E-state index in [4.69, 9.17) is 4.74 Å². The van der Waals surface area contributed by atoms with E-state index in [0.717, 1.165) is 20.3 Å². The SMILES string of the molecule is Cc1c(CNCC(=O)OC(C)(C)C)cc(C(=O)O)c(C)c1I. The molecule has 0 fully saturated rings. The molecule has 2 N–H and O–H groups in total. The van der Waals surface area contributed by atoms with Gasteiger partial charge in [0.25, 0.3) is 0 Å². The summed E-state index contributed by atoms with van der Waals surface area (Å²) >= 11 is 2.15. The number of rotatable bonds is 5. The molecule has 0 atom stereocenters. The molecule has 0 aliphatic heterocycles. The number of aromatic carboxylic acids is 1. The van der Waals surface area contributed by atoms with Gasteiger partial charge in [-0.15, -0.1) is 0 Å². The molecule has 0 unspecified atom stereocenters. The van der Waals surface area contributed by atoms with E-state index in [-0.39, 0.29) is 12.5 Å². The molecule has 0 saturated carbocycles. The zero-order valence-corrected chi connectivity index (χ0v) is 15.7. The second-order valence-electron chi connectivity index (χ2n) is 6.14. The van der Waals surface area contributed by atoms with E-state index in [0.29, 0.717) is 12.1 Å². The standard InChI is InChI=1S/C16H22INO4/c1-9-11(6-12(15(20)21)10(2)14(9)17)7-18-8-13(19)22-16(3,4)5/h6,18H,7-8H2,1-5H3,(H,20,21). The molecule has 6 heteroatoms. The van der Waals surface area contributed by atoms with Crippen molar-refractivity contribution < 1.29 is 19.4 Å². The highest BCUT2D eigenvalue weighted by Crippen LogP contribution is 2.24. The number of hydrogen-bond donors (Lipinski definition) is 2. The van der Waals surface area contributed by atoms with E-state index in [1.165, 1.54) is 0 Å². The highest BCUT2D eigenvalue weighted by Gasteiger charge is 2.17. The lowest BCUT2D eigenvalue weighted by molar-refractivity contribution is -0.153. The zero-order valence-electron chi connectivity index (χ0n) is 13.5. The van der Waals surface area contributed by atoms with Gasteiger partial charge in [-0.3, -0.25) is 4.79 Å². The maximum absolute atomic E-state index is 11.6. The van der Waals surface area contributed by atoms with Gasteiger partial charge in [-0.2, -0.15) is 0 Å². The van der Waals surface area contributed by atoms with Crippen LogP contribution in [0.4, 0.5) is 0 Å². The lowest BCUT2D eigenvalue weighted by Crippen LogP contribution is -2.31. The minimum Gasteiger partial charge on any atom is -0.478 e. The summed E-state index contributed by atoms with van der Waals surface area (Å²) < 4.78 is 6.15. The fourth-order valence-corrected chi connectivity index (χ4v) is 2.65. The quantitative estimate of drug-likeness (QED) is 0.567. The first-order valence-corrected chi connectivity index (χ1v) is 8.05. The predicted molar refractivity (Wildman–Crippen MR) is 93.1 cm³/mol. The summed E-state index contributed by atoms with van der Waals surface area (Å²) in [5.41, 5.74) is 2.45. The summed E-state index contributed by atoms with van der Waals surface area (Å²) in [4.78, 5) is 22.9. The number of carbonyl (C=O) groups excluding carboxylic acids is 1. The molecule has 22 heavy (non-hydrogen) atoms. The van der Waals surface area contributed by atoms with Crippen molar-refractivity contribution in [1.82, 2.24) is 5.32 Å². The highest BCUT2D eigenvalue weighted by atomic mass is 127. The summed E-state index contributed by atoms with van der Waals surface area (Å²) in [5, 5.41) is 12.3. The van der Waals surface area contributed by atoms with Crippen LogP contribution >= 0.6 is 22.6 Å². The maximum Gasteiger partial charge on any atom is 0.336 e. The molecular formula is C16H22INO4. The van der Waals surface area contributed by atoms with Crippen molar-refractivity contribution in [2.45, 2.75) is 46.8 Å². The van der Waals surface area contributed by atoms with Crippen LogP contribution in [0.15, 0.2) is 6.07 Å². The van der Waals surface area contributed by atoms with Crippen molar-refractivity contribution in [1.29, 1.82) is 0 Å². The minimum absolute atomic E-state index is 0.0869. The fourth-order valence-electron chi connectivity index (χ4n) is 2.01. The van der Waals surface area contributed by atoms with Gasteiger partial charge in [0.05, 0.1) is 12.1 Å². The first kappa shape index (κ1) is 18.9. The number of halogens is 1. The predicted octanol–water partition coefficient (Wildman–Crippen LogP) is 3.04. The van der Waals surface area contributed by atoms with Crippen LogP contribution < -0.4 is 5.32 Å². The Bertz CT molecular complexity index is 591. The van der Waals surface area contributed by atoms with Crippen molar-refractivity contribution in [2.75, 3.05) is 6.54 Å². The number of esters is 1. The molecule has 5 nitrogen and oxygen atoms in total. The normalized spacial score (nSPS) is 11.4. The Labute approximate surface area is 144 Å². The zero-order chi connectivity index (χ0) is 17.1. The summed E-state index contributed by atoms with van der Waals surface area (Å²) in [6.07, 6.45) is 0. The molecule has 0 aromatic heterocycles. The average molecular weight is 419 g/mol. The Balaban J connectivity index is 2.79. The summed E-state index contributed by atoms with van der Waals surface area (Å²) in [6, 6.07) is 1.66. The van der Waals surface area contributed by atoms with Crippen LogP contribution in [0, 0.1) is 17.4 Å². The molecule has 0 aliphatic carbocycles. The summed E-state index contributed by atoms with van der Waals surface area (Å²) in [5.74, 6) is -1.27. The molecule has 1 rings (SSSR count). The summed E-state index contributed by atoms with van der Waals surface area (Å²) in [7, 11) is 0. The van der Waals surface area contributed by atoms with Crippen molar-refractivity contribution in [2.24, 2.45) is 0 Å². The number of carboxylic acid groups (broad SMARTS) is 1. The van der Waals surface area contributed by atoms with Crippen LogP contribution in [0.2, 0.25) is 0 Å². The molecule has 122 valence electrons. The number of carbonyl (C=O) groups is 2. The topological polar surface area (TPSA) is 75.6 Å². The van der Waals surface area contributed by atoms with Crippen molar-refractivity contribution in [3.8, 4) is 0 Å². The molecule has 0 amide bonds. The largest absolute Gasteiger partial charge is 0.478 e. The van der Waals surface area contributed by atoms with Crippen LogP contribution in [-0.2, 0) is 16.1 Å². The fraction of sp³-hybridized carbons (Fsp3) is 0.500. The van der Waals surface area contributed by atoms with Crippen LogP contribution in [0.3, 0.4) is 0 Å². The highest BCUT2D eigenvalue weighted by molar-refractivity contribution is 14.1. The third-order valence-corrected chi connectivity index (χ3v) is 4.72. The van der Waals surface area contributed by atoms with Gasteiger partial charge in [0, 0.05) is 10.1 Å². The molecule has 1 aromatic carbocycles. The molecule has 0 spiro atoms. The molecule has 1 aromatic rings. The molecule has 0 heterocycles. The number of hydrogen-bond acceptors (Lipinski definition) is 4. The van der Waals surface area contributed by atoms with Gasteiger partial charge >= 0.3 is 11.9 Å². The number of benzene rings is 1. The Morgan fingerprint density at radius 2 is 1.86 bits per heavy atom. The lowest BCUT2D eigenvalue weighted by Gasteiger charge is -2.20. The Kier molecular flexibility index (Phi) is 6.37. The molecular weight excluding hydrogens is 397 g/mol. The van der Waals surface area contributed by atoms with Crippen LogP contribution in [-0.4, -0.2) is 29.2 Å². The number of carboxylic acids is 1. The second-order valence-corrected chi connectivity index (χ2v) is 7.22. The van der Waals surface area contributed by atoms with Crippen molar-refractivity contribution >= 4 is 34.5 Å². The van der Waals surface area contributed by atoms with E-state index in [1.807, 2.05) is 27.7 Å². The molecule has 0 saturated heterocycles. The van der Waals surface area contributed by atoms with E-state index in [2.05, 4.69) is 27.9 Å². The van der Waals surface area contributed by atoms with Crippen LogP contribution in [0.1, 0.15) is 47.8 Å². The molecule has 0 bridgehead atoms. The van der Waals surface area contributed by atoms with Crippen LogP contribution in [0.25, 0.3) is 0 Å². The van der Waals surface area contributed by atoms with E-state index in [9.17, 15) is 14.7 Å². The first-order chi connectivity index (χ1) is 10.0. The van der Waals surface area contributed by atoms with Crippen molar-refractivity contribution in [3.05, 3.63) is 31.9 Å². The van der Waals surface area contributed by atoms with Gasteiger partial charge < -0.3 is 15.2 Å². The van der Waals surface area contributed by atoms with Gasteiger partial charge in [0.15, 0.2) is 0 Å². The van der Waals surface area contributed by atoms with Crippen LogP contribution in [0.5, 0.6) is 0 Å². The van der Waals surface area contributed by atoms with E-state index in [1.54, 1.807) is 13.0 Å². The van der Waals surface area contributed by atoms with Gasteiger partial charge in [-0.05, 0) is 80.0 Å². The van der Waals surface area contributed by atoms with Crippen molar-refractivity contribution in [3.63, 3.8) is 0 Å². The Hall–Kier alpha value is -1.15. The smallest absolute Gasteiger partial charge is 0.336 e. The summed E-state index contributed by atoms with van der Waals surface area (Å²) in [6.45, 7) is 9.70. The lowest BCUT2D eigenvalue weighted by atomic mass is 10.00. The van der Waals surface area contributed by atoms with Gasteiger partial charge in [-0.25, -0.2) is 4.79 Å². The monoisotopic (exact) mass is 419 g/mol. The molecule has 0 radical (unpaired) electrons. The Morgan fingerprint density at radius 1 is 1.27 bits per heavy atom. The van der Waals surface area contributed by atoms with Gasteiger partial charge in [0.1, 0.15) is 5.60 Å². The number of nitrogens with one attached hydrogen (secondary N) is 1. The average Bonchev–Trinajstić information content (AvgIpc) is 2.36. The third-order valence-electron chi connectivity index (χ3n) is 3.10. The minimum atomic E-state index is -0.941.